The van der Waals surface area contributed by atoms with Gasteiger partial charge in [-0.2, -0.15) is 0 Å². The monoisotopic (exact) mass is 250 g/mol. The smallest absolute Gasteiger partial charge is 0.328 e. The third-order valence-electron chi connectivity index (χ3n) is 2.01. The Morgan fingerprint density at radius 3 is 2.83 bits per heavy atom. The van der Waals surface area contributed by atoms with Crippen molar-refractivity contribution in [1.82, 2.24) is 4.98 Å². The van der Waals surface area contributed by atoms with E-state index in [-0.39, 0.29) is 13.0 Å². The quantitative estimate of drug-likeness (QED) is 0.725. The van der Waals surface area contributed by atoms with Crippen LogP contribution in [0.2, 0.25) is 0 Å². The largest absolute Gasteiger partial charge is 0.491 e. The second-order valence-corrected chi connectivity index (χ2v) is 3.57. The highest BCUT2D eigenvalue weighted by atomic mass is 16.5. The number of nitrogens with zero attached hydrogens (tertiary/aromatic N) is 1. The summed E-state index contributed by atoms with van der Waals surface area (Å²) in [6.07, 6.45) is 2.41. The van der Waals surface area contributed by atoms with E-state index in [2.05, 4.69) is 4.98 Å². The molecule has 18 heavy (non-hydrogen) atoms. The van der Waals surface area contributed by atoms with Gasteiger partial charge in [-0.3, -0.25) is 4.79 Å². The number of aromatic nitrogens is 1. The molecule has 1 aromatic rings. The number of aryl methyl sites for hydroxylation is 1. The Hall–Kier alpha value is -2.37. The number of carboxylic acids is 1. The minimum absolute atomic E-state index is 0.0932. The summed E-state index contributed by atoms with van der Waals surface area (Å²) in [6.45, 7) is 1.92. The van der Waals surface area contributed by atoms with Crippen LogP contribution in [0, 0.1) is 6.92 Å². The van der Waals surface area contributed by atoms with E-state index < -0.39 is 11.9 Å². The molecule has 96 valence electrons. The molecule has 1 amide bonds. The standard InChI is InChI=1S/C12H14N2O4/c1-8-2-4-10(18-7-6-11(13)15)9(14-8)3-5-12(16)17/h2-5H,6-7H2,1H3,(H2,13,15)(H,16,17). The number of ether oxygens (including phenoxy) is 1. The van der Waals surface area contributed by atoms with E-state index in [9.17, 15) is 9.59 Å². The predicted octanol–water partition coefficient (Wildman–Crippen LogP) is 0.742. The molecule has 3 N–H and O–H groups in total. The summed E-state index contributed by atoms with van der Waals surface area (Å²) in [5.41, 5.74) is 6.13. The molecule has 0 aromatic carbocycles. The molecular weight excluding hydrogens is 236 g/mol. The topological polar surface area (TPSA) is 103 Å². The minimum atomic E-state index is -1.07. The van der Waals surface area contributed by atoms with Crippen LogP contribution >= 0.6 is 0 Å². The maximum atomic E-state index is 10.6. The first-order chi connectivity index (χ1) is 8.49. The molecule has 0 radical (unpaired) electrons. The fraction of sp³-hybridized carbons (Fsp3) is 0.250. The summed E-state index contributed by atoms with van der Waals surface area (Å²) in [5, 5.41) is 8.57. The summed E-state index contributed by atoms with van der Waals surface area (Å²) in [5.74, 6) is -1.11. The Bertz CT molecular complexity index is 483. The van der Waals surface area contributed by atoms with Crippen LogP contribution in [0.25, 0.3) is 6.08 Å². The van der Waals surface area contributed by atoms with Gasteiger partial charge in [0.2, 0.25) is 5.91 Å². The maximum absolute atomic E-state index is 10.6. The van der Waals surface area contributed by atoms with Crippen molar-refractivity contribution in [1.29, 1.82) is 0 Å². The zero-order chi connectivity index (χ0) is 13.5. The highest BCUT2D eigenvalue weighted by Gasteiger charge is 2.04. The van der Waals surface area contributed by atoms with Crippen LogP contribution in [-0.2, 0) is 9.59 Å². The van der Waals surface area contributed by atoms with Crippen molar-refractivity contribution in [3.63, 3.8) is 0 Å². The van der Waals surface area contributed by atoms with Crippen molar-refractivity contribution < 1.29 is 19.4 Å². The maximum Gasteiger partial charge on any atom is 0.328 e. The first-order valence-electron chi connectivity index (χ1n) is 5.29. The number of primary amides is 1. The molecule has 0 aliphatic carbocycles. The van der Waals surface area contributed by atoms with E-state index in [4.69, 9.17) is 15.6 Å². The molecule has 6 heteroatoms. The van der Waals surface area contributed by atoms with Gasteiger partial charge < -0.3 is 15.6 Å². The van der Waals surface area contributed by atoms with Gasteiger partial charge in [-0.15, -0.1) is 0 Å². The summed E-state index contributed by atoms with van der Waals surface area (Å²) in [7, 11) is 0. The van der Waals surface area contributed by atoms with Gasteiger partial charge in [0, 0.05) is 11.8 Å². The van der Waals surface area contributed by atoms with E-state index in [1.165, 1.54) is 6.08 Å². The van der Waals surface area contributed by atoms with Crippen molar-refractivity contribution in [2.24, 2.45) is 5.73 Å². The van der Waals surface area contributed by atoms with E-state index in [1.807, 2.05) is 0 Å². The molecule has 0 fully saturated rings. The van der Waals surface area contributed by atoms with Crippen LogP contribution in [0.15, 0.2) is 18.2 Å². The number of aliphatic carboxylic acids is 1. The zero-order valence-electron chi connectivity index (χ0n) is 9.92. The number of carbonyl (C=O) groups excluding carboxylic acids is 1. The molecule has 0 aliphatic heterocycles. The molecule has 0 saturated carbocycles. The number of amides is 1. The second kappa shape index (κ2) is 6.39. The van der Waals surface area contributed by atoms with Gasteiger partial charge in [-0.1, -0.05) is 0 Å². The van der Waals surface area contributed by atoms with E-state index in [0.717, 1.165) is 11.8 Å². The fourth-order valence-corrected chi connectivity index (χ4v) is 1.22. The fourth-order valence-electron chi connectivity index (χ4n) is 1.22. The highest BCUT2D eigenvalue weighted by molar-refractivity contribution is 5.85. The van der Waals surface area contributed by atoms with Crippen molar-refractivity contribution in [3.8, 4) is 5.75 Å². The van der Waals surface area contributed by atoms with Crippen molar-refractivity contribution in [2.75, 3.05) is 6.61 Å². The van der Waals surface area contributed by atoms with Crippen LogP contribution in [-0.4, -0.2) is 28.6 Å². The van der Waals surface area contributed by atoms with Gasteiger partial charge >= 0.3 is 5.97 Å². The minimum Gasteiger partial charge on any atom is -0.491 e. The molecule has 0 saturated heterocycles. The number of carboxylic acid groups (broad SMARTS) is 1. The molecule has 1 aromatic heterocycles. The Morgan fingerprint density at radius 2 is 2.22 bits per heavy atom. The lowest BCUT2D eigenvalue weighted by Gasteiger charge is -2.08. The van der Waals surface area contributed by atoms with Gasteiger partial charge in [0.15, 0.2) is 0 Å². The number of hydrogen-bond acceptors (Lipinski definition) is 4. The van der Waals surface area contributed by atoms with E-state index >= 15 is 0 Å². The van der Waals surface area contributed by atoms with Crippen LogP contribution in [0.4, 0.5) is 0 Å². The van der Waals surface area contributed by atoms with Crippen LogP contribution < -0.4 is 10.5 Å². The molecule has 0 unspecified atom stereocenters. The predicted molar refractivity (Wildman–Crippen MR) is 65.0 cm³/mol. The second-order valence-electron chi connectivity index (χ2n) is 3.57. The third-order valence-corrected chi connectivity index (χ3v) is 2.01. The number of rotatable bonds is 6. The molecule has 0 aliphatic rings. The highest BCUT2D eigenvalue weighted by Crippen LogP contribution is 2.18. The lowest BCUT2D eigenvalue weighted by Crippen LogP contribution is -2.15. The van der Waals surface area contributed by atoms with Gasteiger partial charge in [0.25, 0.3) is 0 Å². The molecule has 1 heterocycles. The Morgan fingerprint density at radius 1 is 1.50 bits per heavy atom. The molecule has 0 spiro atoms. The van der Waals surface area contributed by atoms with Gasteiger partial charge in [0.1, 0.15) is 11.4 Å². The molecule has 0 atom stereocenters. The number of pyridine rings is 1. The van der Waals surface area contributed by atoms with E-state index in [0.29, 0.717) is 11.4 Å². The Balaban J connectivity index is 2.82. The zero-order valence-corrected chi connectivity index (χ0v) is 9.92. The van der Waals surface area contributed by atoms with Crippen LogP contribution in [0.1, 0.15) is 17.8 Å². The van der Waals surface area contributed by atoms with Crippen LogP contribution in [0.5, 0.6) is 5.75 Å². The average Bonchev–Trinajstić information content (AvgIpc) is 2.28. The average molecular weight is 250 g/mol. The summed E-state index contributed by atoms with van der Waals surface area (Å²) in [6, 6.07) is 3.41. The lowest BCUT2D eigenvalue weighted by molar-refractivity contribution is -0.131. The normalized spacial score (nSPS) is 10.5. The van der Waals surface area contributed by atoms with Crippen molar-refractivity contribution in [2.45, 2.75) is 13.3 Å². The van der Waals surface area contributed by atoms with Crippen molar-refractivity contribution >= 4 is 18.0 Å². The molecule has 0 bridgehead atoms. The van der Waals surface area contributed by atoms with Gasteiger partial charge in [0.05, 0.1) is 13.0 Å². The summed E-state index contributed by atoms with van der Waals surface area (Å²) < 4.78 is 5.33. The third kappa shape index (κ3) is 4.65. The Labute approximate surface area is 104 Å². The van der Waals surface area contributed by atoms with Crippen LogP contribution in [0.3, 0.4) is 0 Å². The number of hydrogen-bond donors (Lipinski definition) is 2. The SMILES string of the molecule is Cc1ccc(OCCC(N)=O)c(C=CC(=O)O)n1. The first-order valence-corrected chi connectivity index (χ1v) is 5.29. The van der Waals surface area contributed by atoms with Crippen molar-refractivity contribution in [3.05, 3.63) is 29.6 Å². The summed E-state index contributed by atoms with van der Waals surface area (Å²) >= 11 is 0. The number of nitrogens with two attached hydrogens (primary N) is 1. The molecular formula is C12H14N2O4. The molecule has 6 nitrogen and oxygen atoms in total. The van der Waals surface area contributed by atoms with E-state index in [1.54, 1.807) is 19.1 Å². The Kier molecular flexibility index (Phi) is 4.86. The van der Waals surface area contributed by atoms with Gasteiger partial charge in [-0.05, 0) is 25.1 Å². The summed E-state index contributed by atoms with van der Waals surface area (Å²) in [4.78, 5) is 25.2. The first kappa shape index (κ1) is 13.7. The number of carbonyl (C=O) groups is 2. The molecule has 1 rings (SSSR count). The van der Waals surface area contributed by atoms with Gasteiger partial charge in [-0.25, -0.2) is 9.78 Å². The lowest BCUT2D eigenvalue weighted by atomic mass is 10.2.